The average Bonchev–Trinajstić information content (AvgIpc) is 3.03. The van der Waals surface area contributed by atoms with Gasteiger partial charge in [0.05, 0.1) is 19.0 Å². The zero-order valence-electron chi connectivity index (χ0n) is 16.9. The molecular formula is C20H23N5O4S. The van der Waals surface area contributed by atoms with Crippen LogP contribution in [-0.2, 0) is 16.0 Å². The molecule has 2 heterocycles. The standard InChI is InChI=1S/C20H23N5O4S/c1-11-12(2)30-20-18(11)19(28)22-15(23-20)8-9-16(26)24-25-17(27)10-21-13-4-6-14(29-3)7-5-13/h4-7,21H,8-10H2,1-3H3,(H,24,26)(H,25,27)(H,22,23,28). The molecule has 0 aliphatic heterocycles. The number of anilines is 1. The third-order valence-corrected chi connectivity index (χ3v) is 5.66. The van der Waals surface area contributed by atoms with Crippen LogP contribution in [0.15, 0.2) is 29.1 Å². The molecule has 1 aromatic carbocycles. The number of benzene rings is 1. The van der Waals surface area contributed by atoms with Gasteiger partial charge in [-0.1, -0.05) is 0 Å². The van der Waals surface area contributed by atoms with E-state index in [4.69, 9.17) is 4.74 Å². The highest BCUT2D eigenvalue weighted by Gasteiger charge is 2.13. The van der Waals surface area contributed by atoms with E-state index < -0.39 is 5.91 Å². The first-order valence-corrected chi connectivity index (χ1v) is 10.1. The number of amides is 2. The average molecular weight is 430 g/mol. The number of aryl methyl sites for hydroxylation is 3. The van der Waals surface area contributed by atoms with Crippen LogP contribution in [0.3, 0.4) is 0 Å². The van der Waals surface area contributed by atoms with Crippen LogP contribution in [0.5, 0.6) is 5.75 Å². The summed E-state index contributed by atoms with van der Waals surface area (Å²) in [6, 6.07) is 7.12. The van der Waals surface area contributed by atoms with Gasteiger partial charge in [-0.25, -0.2) is 4.98 Å². The van der Waals surface area contributed by atoms with Crippen LogP contribution in [0.4, 0.5) is 5.69 Å². The monoisotopic (exact) mass is 429 g/mol. The molecule has 0 unspecified atom stereocenters. The Bertz CT molecular complexity index is 1120. The highest BCUT2D eigenvalue weighted by Crippen LogP contribution is 2.25. The summed E-state index contributed by atoms with van der Waals surface area (Å²) in [6.45, 7) is 3.83. The van der Waals surface area contributed by atoms with Crippen molar-refractivity contribution in [3.05, 3.63) is 50.9 Å². The number of methoxy groups -OCH3 is 1. The van der Waals surface area contributed by atoms with E-state index in [0.29, 0.717) is 16.0 Å². The van der Waals surface area contributed by atoms with Gasteiger partial charge in [-0.05, 0) is 43.7 Å². The first-order chi connectivity index (χ1) is 14.4. The molecule has 30 heavy (non-hydrogen) atoms. The smallest absolute Gasteiger partial charge is 0.259 e. The number of ether oxygens (including phenoxy) is 1. The second-order valence-electron chi connectivity index (χ2n) is 6.65. The number of rotatable bonds is 7. The molecular weight excluding hydrogens is 406 g/mol. The van der Waals surface area contributed by atoms with E-state index in [1.807, 2.05) is 13.8 Å². The molecule has 0 saturated carbocycles. The number of nitrogens with zero attached hydrogens (tertiary/aromatic N) is 1. The molecule has 9 nitrogen and oxygen atoms in total. The van der Waals surface area contributed by atoms with Crippen LogP contribution in [0.2, 0.25) is 0 Å². The fourth-order valence-electron chi connectivity index (χ4n) is 2.79. The van der Waals surface area contributed by atoms with E-state index in [1.54, 1.807) is 31.4 Å². The Morgan fingerprint density at radius 1 is 1.13 bits per heavy atom. The predicted molar refractivity (Wildman–Crippen MR) is 116 cm³/mol. The van der Waals surface area contributed by atoms with Gasteiger partial charge in [0.25, 0.3) is 11.5 Å². The lowest BCUT2D eigenvalue weighted by Crippen LogP contribution is -2.44. The summed E-state index contributed by atoms with van der Waals surface area (Å²) in [6.07, 6.45) is 0.330. The minimum Gasteiger partial charge on any atom is -0.497 e. The van der Waals surface area contributed by atoms with Crippen molar-refractivity contribution in [3.8, 4) is 5.75 Å². The number of aromatic amines is 1. The van der Waals surface area contributed by atoms with Crippen molar-refractivity contribution < 1.29 is 14.3 Å². The molecule has 158 valence electrons. The van der Waals surface area contributed by atoms with Crippen molar-refractivity contribution in [3.63, 3.8) is 0 Å². The number of carbonyl (C=O) groups excluding carboxylic acids is 2. The number of nitrogens with one attached hydrogen (secondary N) is 4. The zero-order chi connectivity index (χ0) is 21.7. The minimum atomic E-state index is -0.392. The number of fused-ring (bicyclic) bond motifs is 1. The van der Waals surface area contributed by atoms with Gasteiger partial charge in [-0.3, -0.25) is 25.2 Å². The summed E-state index contributed by atoms with van der Waals surface area (Å²) < 4.78 is 5.07. The lowest BCUT2D eigenvalue weighted by atomic mass is 10.2. The zero-order valence-corrected chi connectivity index (χ0v) is 17.7. The molecule has 3 aromatic rings. The largest absolute Gasteiger partial charge is 0.497 e. The molecule has 0 aliphatic rings. The third-order valence-electron chi connectivity index (χ3n) is 4.56. The van der Waals surface area contributed by atoms with Gasteiger partial charge in [-0.15, -0.1) is 11.3 Å². The van der Waals surface area contributed by atoms with Gasteiger partial charge in [0, 0.05) is 23.4 Å². The summed E-state index contributed by atoms with van der Waals surface area (Å²) in [4.78, 5) is 45.0. The van der Waals surface area contributed by atoms with Crippen LogP contribution < -0.4 is 26.5 Å². The molecule has 0 spiro atoms. The topological polar surface area (TPSA) is 125 Å². The van der Waals surface area contributed by atoms with Crippen molar-refractivity contribution in [2.24, 2.45) is 0 Å². The number of hydrogen-bond donors (Lipinski definition) is 4. The Kier molecular flexibility index (Phi) is 6.68. The van der Waals surface area contributed by atoms with Gasteiger partial charge < -0.3 is 15.0 Å². The Hall–Kier alpha value is -3.40. The Morgan fingerprint density at radius 3 is 2.53 bits per heavy atom. The molecule has 0 radical (unpaired) electrons. The maximum absolute atomic E-state index is 12.3. The van der Waals surface area contributed by atoms with Crippen LogP contribution in [0, 0.1) is 13.8 Å². The summed E-state index contributed by atoms with van der Waals surface area (Å²) in [7, 11) is 1.58. The quantitative estimate of drug-likeness (QED) is 0.425. The van der Waals surface area contributed by atoms with E-state index in [0.717, 1.165) is 21.9 Å². The van der Waals surface area contributed by atoms with Crippen LogP contribution in [0.1, 0.15) is 22.7 Å². The molecule has 3 rings (SSSR count). The number of H-pyrrole nitrogens is 1. The molecule has 2 aromatic heterocycles. The number of aromatic nitrogens is 2. The maximum Gasteiger partial charge on any atom is 0.259 e. The number of carbonyl (C=O) groups is 2. The van der Waals surface area contributed by atoms with Crippen molar-refractivity contribution in [1.29, 1.82) is 0 Å². The van der Waals surface area contributed by atoms with Crippen LogP contribution >= 0.6 is 11.3 Å². The normalized spacial score (nSPS) is 10.6. The summed E-state index contributed by atoms with van der Waals surface area (Å²) >= 11 is 1.46. The SMILES string of the molecule is COc1ccc(NCC(=O)NNC(=O)CCc2nc3sc(C)c(C)c3c(=O)[nH]2)cc1. The molecule has 0 aliphatic carbocycles. The highest BCUT2D eigenvalue weighted by molar-refractivity contribution is 7.18. The fourth-order valence-corrected chi connectivity index (χ4v) is 3.84. The first kappa shape index (κ1) is 21.3. The molecule has 10 heteroatoms. The van der Waals surface area contributed by atoms with Gasteiger partial charge in [0.2, 0.25) is 5.91 Å². The van der Waals surface area contributed by atoms with E-state index in [-0.39, 0.29) is 30.9 Å². The second-order valence-corrected chi connectivity index (χ2v) is 7.86. The molecule has 4 N–H and O–H groups in total. The summed E-state index contributed by atoms with van der Waals surface area (Å²) in [5, 5.41) is 3.54. The first-order valence-electron chi connectivity index (χ1n) is 9.32. The fraction of sp³-hybridized carbons (Fsp3) is 0.300. The van der Waals surface area contributed by atoms with E-state index in [2.05, 4.69) is 26.1 Å². The van der Waals surface area contributed by atoms with E-state index in [1.165, 1.54) is 11.3 Å². The highest BCUT2D eigenvalue weighted by atomic mass is 32.1. The molecule has 0 atom stereocenters. The van der Waals surface area contributed by atoms with Gasteiger partial charge in [-0.2, -0.15) is 0 Å². The van der Waals surface area contributed by atoms with Crippen molar-refractivity contribution in [2.45, 2.75) is 26.7 Å². The lowest BCUT2D eigenvalue weighted by molar-refractivity contribution is -0.128. The minimum absolute atomic E-state index is 0.00473. The number of hydrazine groups is 1. The maximum atomic E-state index is 12.3. The second kappa shape index (κ2) is 9.40. The Morgan fingerprint density at radius 2 is 1.83 bits per heavy atom. The molecule has 0 fully saturated rings. The molecule has 2 amide bonds. The Balaban J connectivity index is 1.44. The number of hydrogen-bond acceptors (Lipinski definition) is 7. The predicted octanol–water partition coefficient (Wildman–Crippen LogP) is 1.80. The van der Waals surface area contributed by atoms with Crippen LogP contribution in [0.25, 0.3) is 10.2 Å². The van der Waals surface area contributed by atoms with Gasteiger partial charge in [0.15, 0.2) is 0 Å². The molecule has 0 bridgehead atoms. The van der Waals surface area contributed by atoms with Gasteiger partial charge >= 0.3 is 0 Å². The molecule has 0 saturated heterocycles. The summed E-state index contributed by atoms with van der Waals surface area (Å²) in [5.74, 6) is 0.388. The van der Waals surface area contributed by atoms with Crippen molar-refractivity contribution >= 4 is 39.1 Å². The van der Waals surface area contributed by atoms with Crippen LogP contribution in [-0.4, -0.2) is 35.4 Å². The van der Waals surface area contributed by atoms with Crippen molar-refractivity contribution in [2.75, 3.05) is 19.0 Å². The van der Waals surface area contributed by atoms with E-state index >= 15 is 0 Å². The van der Waals surface area contributed by atoms with Gasteiger partial charge in [0.1, 0.15) is 16.4 Å². The number of thiophene rings is 1. The van der Waals surface area contributed by atoms with E-state index in [9.17, 15) is 14.4 Å². The summed E-state index contributed by atoms with van der Waals surface area (Å²) in [5.41, 5.74) is 6.19. The lowest BCUT2D eigenvalue weighted by Gasteiger charge is -2.09. The van der Waals surface area contributed by atoms with Crippen molar-refractivity contribution in [1.82, 2.24) is 20.8 Å². The Labute approximate surface area is 176 Å². The third kappa shape index (κ3) is 5.15.